The molecule has 7 atom stereocenters. The maximum Gasteiger partial charge on any atom is 0.305 e. The predicted octanol–water partition coefficient (Wildman–Crippen LogP) is 11.9. The first kappa shape index (κ1) is 63.4. The SMILES string of the molecule is CCCC/C=C\CCCCCCCC(=O)OCCCCC/C=C\C=C/CCCCCCCCC(=O)NC(COC1OC(CO)C(O)C(O)C1O)C(O)/C=C/CC/C=C/CCCCCCCCCC. The molecule has 0 aromatic rings. The summed E-state index contributed by atoms with van der Waals surface area (Å²) in [5, 5.41) is 54.3. The van der Waals surface area contributed by atoms with Gasteiger partial charge in [-0.25, -0.2) is 0 Å². The van der Waals surface area contributed by atoms with E-state index < -0.39 is 49.5 Å². The molecule has 68 heavy (non-hydrogen) atoms. The zero-order chi connectivity index (χ0) is 49.6. The minimum atomic E-state index is -1.59. The highest BCUT2D eigenvalue weighted by Gasteiger charge is 2.44. The molecular weight excluding hydrogens is 859 g/mol. The third-order valence-electron chi connectivity index (χ3n) is 12.6. The molecular formula is C57H101NO10. The van der Waals surface area contributed by atoms with Crippen LogP contribution in [-0.4, -0.2) is 100 Å². The van der Waals surface area contributed by atoms with Crippen LogP contribution in [0.5, 0.6) is 0 Å². The molecule has 1 amide bonds. The lowest BCUT2D eigenvalue weighted by molar-refractivity contribution is -0.302. The normalized spacial score (nSPS) is 19.9. The molecule has 11 nitrogen and oxygen atoms in total. The van der Waals surface area contributed by atoms with E-state index >= 15 is 0 Å². The van der Waals surface area contributed by atoms with Crippen molar-refractivity contribution in [3.05, 3.63) is 60.8 Å². The van der Waals surface area contributed by atoms with Gasteiger partial charge in [-0.05, 0) is 96.3 Å². The molecule has 1 aliphatic rings. The number of nitrogens with one attached hydrogen (secondary N) is 1. The highest BCUT2D eigenvalue weighted by molar-refractivity contribution is 5.76. The van der Waals surface area contributed by atoms with Crippen molar-refractivity contribution in [3.63, 3.8) is 0 Å². The van der Waals surface area contributed by atoms with Crippen LogP contribution in [0.25, 0.3) is 0 Å². The quantitative estimate of drug-likeness (QED) is 0.0149. The van der Waals surface area contributed by atoms with Crippen LogP contribution in [0, 0.1) is 0 Å². The number of carbonyl (C=O) groups excluding carboxylic acids is 2. The number of hydrogen-bond donors (Lipinski definition) is 6. The Balaban J connectivity index is 2.23. The van der Waals surface area contributed by atoms with Crippen molar-refractivity contribution in [2.75, 3.05) is 19.8 Å². The maximum atomic E-state index is 13.0. The summed E-state index contributed by atoms with van der Waals surface area (Å²) >= 11 is 0. The van der Waals surface area contributed by atoms with Crippen molar-refractivity contribution in [1.29, 1.82) is 0 Å². The second-order valence-electron chi connectivity index (χ2n) is 18.9. The summed E-state index contributed by atoms with van der Waals surface area (Å²) in [6.07, 6.45) is 48.7. The fourth-order valence-electron chi connectivity index (χ4n) is 8.13. The Kier molecular flexibility index (Phi) is 43.5. The largest absolute Gasteiger partial charge is 0.466 e. The van der Waals surface area contributed by atoms with Gasteiger partial charge in [-0.15, -0.1) is 0 Å². The molecule has 1 rings (SSSR count). The number of ether oxygens (including phenoxy) is 3. The summed E-state index contributed by atoms with van der Waals surface area (Å²) in [7, 11) is 0. The first-order chi connectivity index (χ1) is 33.2. The van der Waals surface area contributed by atoms with Gasteiger partial charge < -0.3 is 45.1 Å². The highest BCUT2D eigenvalue weighted by atomic mass is 16.7. The highest BCUT2D eigenvalue weighted by Crippen LogP contribution is 2.23. The van der Waals surface area contributed by atoms with Crippen LogP contribution < -0.4 is 5.32 Å². The van der Waals surface area contributed by atoms with Gasteiger partial charge in [-0.1, -0.05) is 177 Å². The fraction of sp³-hybridized carbons (Fsp3) is 0.789. The van der Waals surface area contributed by atoms with Gasteiger partial charge in [0.15, 0.2) is 6.29 Å². The summed E-state index contributed by atoms with van der Waals surface area (Å²) in [4.78, 5) is 25.0. The second-order valence-corrected chi connectivity index (χ2v) is 18.9. The number of esters is 1. The lowest BCUT2D eigenvalue weighted by atomic mass is 9.99. The molecule has 1 heterocycles. The van der Waals surface area contributed by atoms with E-state index in [0.29, 0.717) is 19.4 Å². The Morgan fingerprint density at radius 3 is 1.59 bits per heavy atom. The predicted molar refractivity (Wildman–Crippen MR) is 278 cm³/mol. The van der Waals surface area contributed by atoms with Crippen LogP contribution in [0.4, 0.5) is 0 Å². The number of allylic oxidation sites excluding steroid dienone is 9. The average molecular weight is 960 g/mol. The van der Waals surface area contributed by atoms with Crippen molar-refractivity contribution in [1.82, 2.24) is 5.32 Å². The fourth-order valence-corrected chi connectivity index (χ4v) is 8.13. The van der Waals surface area contributed by atoms with Gasteiger partial charge in [0.25, 0.3) is 0 Å². The molecule has 11 heteroatoms. The number of aliphatic hydroxyl groups excluding tert-OH is 5. The van der Waals surface area contributed by atoms with Crippen LogP contribution in [0.3, 0.4) is 0 Å². The van der Waals surface area contributed by atoms with E-state index in [1.54, 1.807) is 6.08 Å². The molecule has 0 aromatic heterocycles. The standard InChI is InChI=1S/C57H101NO10/c1-3-5-7-9-11-13-15-16-20-24-27-31-35-39-43-50(60)49(48-67-57-56(65)55(64)54(63)51(47-59)68-57)58-52(61)44-40-36-32-28-25-21-18-17-19-22-26-30-34-38-42-46-66-53(62)45-41-37-33-29-23-14-12-10-8-6-4-2/h10,12,17,19,22,24,26-27,39,43,49-51,54-57,59-60,63-65H,3-9,11,13-16,18,20-21,23,25,28-38,40-42,44-48H2,1-2H3,(H,58,61)/b12-10-,19-17-,26-22-,27-24+,43-39+. The number of hydrogen-bond acceptors (Lipinski definition) is 10. The van der Waals surface area contributed by atoms with Crippen LogP contribution in [-0.2, 0) is 23.8 Å². The van der Waals surface area contributed by atoms with Crippen LogP contribution in [0.2, 0.25) is 0 Å². The van der Waals surface area contributed by atoms with Crippen molar-refractivity contribution in [2.45, 2.75) is 269 Å². The van der Waals surface area contributed by atoms with Crippen LogP contribution in [0.15, 0.2) is 60.8 Å². The maximum absolute atomic E-state index is 13.0. The smallest absolute Gasteiger partial charge is 0.305 e. The molecule has 0 spiro atoms. The second kappa shape index (κ2) is 46.7. The lowest BCUT2D eigenvalue weighted by Gasteiger charge is -2.40. The summed E-state index contributed by atoms with van der Waals surface area (Å²) < 4.78 is 16.6. The van der Waals surface area contributed by atoms with E-state index in [4.69, 9.17) is 14.2 Å². The number of unbranched alkanes of at least 4 members (excludes halogenated alkanes) is 25. The Labute approximate surface area is 414 Å². The van der Waals surface area contributed by atoms with Crippen molar-refractivity contribution >= 4 is 11.9 Å². The molecule has 1 saturated heterocycles. The van der Waals surface area contributed by atoms with E-state index in [-0.39, 0.29) is 18.5 Å². The molecule has 0 aromatic carbocycles. The Bertz CT molecular complexity index is 1310. The summed E-state index contributed by atoms with van der Waals surface area (Å²) in [6, 6.07) is -0.845. The number of rotatable bonds is 46. The summed E-state index contributed by atoms with van der Waals surface area (Å²) in [5.74, 6) is -0.270. The van der Waals surface area contributed by atoms with E-state index in [1.807, 2.05) is 6.08 Å². The number of aliphatic hydroxyl groups is 5. The van der Waals surface area contributed by atoms with Gasteiger partial charge in [0.2, 0.25) is 5.91 Å². The van der Waals surface area contributed by atoms with Crippen molar-refractivity contribution < 1.29 is 49.3 Å². The lowest BCUT2D eigenvalue weighted by Crippen LogP contribution is -2.60. The van der Waals surface area contributed by atoms with Gasteiger partial charge in [-0.3, -0.25) is 9.59 Å². The summed E-state index contributed by atoms with van der Waals surface area (Å²) in [6.45, 7) is 4.19. The zero-order valence-electron chi connectivity index (χ0n) is 43.0. The van der Waals surface area contributed by atoms with Gasteiger partial charge in [0, 0.05) is 12.8 Å². The average Bonchev–Trinajstić information content (AvgIpc) is 3.33. The molecule has 0 aliphatic carbocycles. The molecule has 1 fully saturated rings. The Morgan fingerprint density at radius 2 is 1.01 bits per heavy atom. The van der Waals surface area contributed by atoms with Crippen molar-refractivity contribution in [3.8, 4) is 0 Å². The third kappa shape index (κ3) is 36.3. The van der Waals surface area contributed by atoms with Gasteiger partial charge in [-0.2, -0.15) is 0 Å². The third-order valence-corrected chi connectivity index (χ3v) is 12.6. The Hall–Kier alpha value is -2.64. The topological polar surface area (TPSA) is 175 Å². The Morgan fingerprint density at radius 1 is 0.544 bits per heavy atom. The van der Waals surface area contributed by atoms with Gasteiger partial charge >= 0.3 is 5.97 Å². The van der Waals surface area contributed by atoms with E-state index in [9.17, 15) is 35.1 Å². The molecule has 0 bridgehead atoms. The zero-order valence-corrected chi connectivity index (χ0v) is 43.0. The monoisotopic (exact) mass is 960 g/mol. The van der Waals surface area contributed by atoms with Crippen molar-refractivity contribution in [2.24, 2.45) is 0 Å². The molecule has 1 aliphatic heterocycles. The molecule has 0 saturated carbocycles. The molecule has 394 valence electrons. The molecule has 7 unspecified atom stereocenters. The minimum Gasteiger partial charge on any atom is -0.466 e. The van der Waals surface area contributed by atoms with Crippen LogP contribution >= 0.6 is 0 Å². The van der Waals surface area contributed by atoms with Gasteiger partial charge in [0.1, 0.15) is 24.4 Å². The van der Waals surface area contributed by atoms with E-state index in [0.717, 1.165) is 103 Å². The first-order valence-corrected chi connectivity index (χ1v) is 27.6. The minimum absolute atomic E-state index is 0.0539. The van der Waals surface area contributed by atoms with Gasteiger partial charge in [0.05, 0.1) is 32.0 Å². The molecule has 0 radical (unpaired) electrons. The van der Waals surface area contributed by atoms with E-state index in [1.165, 1.54) is 96.3 Å². The summed E-state index contributed by atoms with van der Waals surface area (Å²) in [5.41, 5.74) is 0. The van der Waals surface area contributed by atoms with Crippen LogP contribution in [0.1, 0.15) is 226 Å². The molecule has 6 N–H and O–H groups in total. The number of amides is 1. The first-order valence-electron chi connectivity index (χ1n) is 27.6. The van der Waals surface area contributed by atoms with E-state index in [2.05, 4.69) is 67.8 Å². The number of carbonyl (C=O) groups is 2.